The van der Waals surface area contributed by atoms with Crippen LogP contribution in [0, 0.1) is 5.82 Å². The number of aromatic nitrogens is 3. The molecular weight excluding hydrogens is 317 g/mol. The van der Waals surface area contributed by atoms with Gasteiger partial charge in [-0.3, -0.25) is 0 Å². The molecule has 2 heterocycles. The lowest BCUT2D eigenvalue weighted by Gasteiger charge is -2.11. The number of rotatable bonds is 3. The predicted molar refractivity (Wildman–Crippen MR) is 85.7 cm³/mol. The van der Waals surface area contributed by atoms with Crippen LogP contribution in [0.1, 0.15) is 5.56 Å². The number of halogens is 2. The van der Waals surface area contributed by atoms with E-state index in [2.05, 4.69) is 10.2 Å². The largest absolute Gasteiger partial charge is 0.422 e. The molecule has 0 saturated heterocycles. The van der Waals surface area contributed by atoms with E-state index in [4.69, 9.17) is 16.0 Å². The molecule has 2 aromatic heterocycles. The fraction of sp³-hybridized carbons (Fsp3) is 0.0588. The number of para-hydroxylation sites is 1. The first kappa shape index (κ1) is 14.0. The van der Waals surface area contributed by atoms with Crippen molar-refractivity contribution in [3.63, 3.8) is 0 Å². The van der Waals surface area contributed by atoms with Gasteiger partial charge < -0.3 is 8.98 Å². The van der Waals surface area contributed by atoms with Crippen LogP contribution in [0.25, 0.3) is 22.5 Å². The third kappa shape index (κ3) is 2.39. The second kappa shape index (κ2) is 5.52. The highest BCUT2D eigenvalue weighted by Gasteiger charge is 2.17. The van der Waals surface area contributed by atoms with Gasteiger partial charge in [0.1, 0.15) is 11.5 Å². The minimum absolute atomic E-state index is 0.275. The molecule has 0 aliphatic heterocycles. The Hall–Kier alpha value is -2.66. The molecule has 4 rings (SSSR count). The number of hydrogen-bond acceptors (Lipinski definition) is 3. The van der Waals surface area contributed by atoms with Crippen LogP contribution in [0.3, 0.4) is 0 Å². The van der Waals surface area contributed by atoms with Gasteiger partial charge in [-0.15, -0.1) is 10.2 Å². The van der Waals surface area contributed by atoms with Crippen LogP contribution in [0.5, 0.6) is 0 Å². The molecule has 0 N–H and O–H groups in total. The van der Waals surface area contributed by atoms with Crippen LogP contribution in [0.2, 0.25) is 5.02 Å². The Kier molecular flexibility index (Phi) is 3.35. The van der Waals surface area contributed by atoms with Crippen LogP contribution in [0.4, 0.5) is 4.39 Å². The van der Waals surface area contributed by atoms with E-state index in [9.17, 15) is 4.39 Å². The summed E-state index contributed by atoms with van der Waals surface area (Å²) in [4.78, 5) is 0. The van der Waals surface area contributed by atoms with Crippen molar-refractivity contribution >= 4 is 22.5 Å². The summed E-state index contributed by atoms with van der Waals surface area (Å²) in [7, 11) is 0. The lowest BCUT2D eigenvalue weighted by molar-refractivity contribution is 0.560. The van der Waals surface area contributed by atoms with E-state index in [1.165, 1.54) is 12.5 Å². The quantitative estimate of drug-likeness (QED) is 0.555. The van der Waals surface area contributed by atoms with E-state index >= 15 is 0 Å². The van der Waals surface area contributed by atoms with E-state index in [1.54, 1.807) is 12.1 Å². The van der Waals surface area contributed by atoms with Crippen molar-refractivity contribution in [3.05, 3.63) is 71.3 Å². The maximum Gasteiger partial charge on any atom is 0.264 e. The molecule has 0 radical (unpaired) electrons. The molecule has 0 unspecified atom stereocenters. The van der Waals surface area contributed by atoms with Crippen molar-refractivity contribution in [1.29, 1.82) is 0 Å². The summed E-state index contributed by atoms with van der Waals surface area (Å²) in [6, 6.07) is 14.4. The van der Waals surface area contributed by atoms with E-state index in [-0.39, 0.29) is 12.4 Å². The van der Waals surface area contributed by atoms with Crippen LogP contribution < -0.4 is 0 Å². The highest BCUT2D eigenvalue weighted by Crippen LogP contribution is 2.30. The van der Waals surface area contributed by atoms with Crippen molar-refractivity contribution in [1.82, 2.24) is 14.8 Å². The van der Waals surface area contributed by atoms with Crippen LogP contribution in [-0.4, -0.2) is 14.8 Å². The molecule has 0 bridgehead atoms. The lowest BCUT2D eigenvalue weighted by Crippen LogP contribution is -2.04. The summed E-state index contributed by atoms with van der Waals surface area (Å²) in [5, 5.41) is 9.08. The minimum atomic E-state index is -0.341. The van der Waals surface area contributed by atoms with E-state index < -0.39 is 0 Å². The average Bonchev–Trinajstić information content (AvgIpc) is 3.19. The van der Waals surface area contributed by atoms with Gasteiger partial charge in [-0.25, -0.2) is 4.39 Å². The zero-order valence-corrected chi connectivity index (χ0v) is 12.7. The van der Waals surface area contributed by atoms with Gasteiger partial charge >= 0.3 is 0 Å². The Bertz CT molecular complexity index is 959. The number of fused-ring (bicyclic) bond motifs is 1. The third-order valence-electron chi connectivity index (χ3n) is 3.77. The molecule has 4 aromatic rings. The third-order valence-corrected chi connectivity index (χ3v) is 4.12. The maximum absolute atomic E-state index is 14.2. The second-order valence-corrected chi connectivity index (χ2v) is 5.53. The van der Waals surface area contributed by atoms with Crippen LogP contribution in [-0.2, 0) is 6.54 Å². The van der Waals surface area contributed by atoms with Crippen LogP contribution >= 0.6 is 11.6 Å². The first-order valence-electron chi connectivity index (χ1n) is 7.02. The topological polar surface area (TPSA) is 43.9 Å². The molecule has 0 amide bonds. The van der Waals surface area contributed by atoms with Gasteiger partial charge in [-0.2, -0.15) is 0 Å². The van der Waals surface area contributed by atoms with Gasteiger partial charge in [-0.05, 0) is 24.3 Å². The van der Waals surface area contributed by atoms with Crippen LogP contribution in [0.15, 0.2) is 59.3 Å². The summed E-state index contributed by atoms with van der Waals surface area (Å²) in [5.74, 6) is 0.0421. The lowest BCUT2D eigenvalue weighted by atomic mass is 10.2. The molecule has 114 valence electrons. The van der Waals surface area contributed by atoms with Crippen molar-refractivity contribution in [2.24, 2.45) is 0 Å². The molecule has 0 spiro atoms. The predicted octanol–water partition coefficient (Wildman–Crippen LogP) is 4.53. The maximum atomic E-state index is 14.2. The fourth-order valence-corrected chi connectivity index (χ4v) is 2.91. The first-order chi connectivity index (χ1) is 11.2. The zero-order valence-electron chi connectivity index (χ0n) is 11.9. The standard InChI is InChI=1S/C17H11ClFN3O/c18-13-5-3-6-14(19)12(13)9-22-15-7-2-1-4-11(15)8-16(22)17-21-20-10-23-17/h1-8,10H,9H2. The van der Waals surface area contributed by atoms with Gasteiger partial charge in [0, 0.05) is 21.5 Å². The van der Waals surface area contributed by atoms with E-state index in [0.717, 1.165) is 16.6 Å². The molecule has 0 atom stereocenters. The smallest absolute Gasteiger partial charge is 0.264 e. The highest BCUT2D eigenvalue weighted by molar-refractivity contribution is 6.31. The van der Waals surface area contributed by atoms with Gasteiger partial charge in [0.2, 0.25) is 6.39 Å². The molecule has 2 aromatic carbocycles. The molecular formula is C17H11ClFN3O. The monoisotopic (exact) mass is 327 g/mol. The molecule has 6 heteroatoms. The average molecular weight is 328 g/mol. The second-order valence-electron chi connectivity index (χ2n) is 5.12. The van der Waals surface area contributed by atoms with Gasteiger partial charge in [0.05, 0.1) is 6.54 Å². The first-order valence-corrected chi connectivity index (χ1v) is 7.39. The molecule has 4 nitrogen and oxygen atoms in total. The van der Waals surface area contributed by atoms with E-state index in [1.807, 2.05) is 34.9 Å². The summed E-state index contributed by atoms with van der Waals surface area (Å²) in [6.07, 6.45) is 1.27. The number of nitrogens with zero attached hydrogens (tertiary/aromatic N) is 3. The Morgan fingerprint density at radius 1 is 1.13 bits per heavy atom. The molecule has 0 saturated carbocycles. The zero-order chi connectivity index (χ0) is 15.8. The van der Waals surface area contributed by atoms with Crippen molar-refractivity contribution in [2.75, 3.05) is 0 Å². The van der Waals surface area contributed by atoms with Crippen molar-refractivity contribution < 1.29 is 8.81 Å². The summed E-state index contributed by atoms with van der Waals surface area (Å²) in [6.45, 7) is 0.275. The molecule has 23 heavy (non-hydrogen) atoms. The highest BCUT2D eigenvalue weighted by atomic mass is 35.5. The Morgan fingerprint density at radius 2 is 2.00 bits per heavy atom. The SMILES string of the molecule is Fc1cccc(Cl)c1Cn1c(-c2nnco2)cc2ccccc21. The Balaban J connectivity index is 1.93. The van der Waals surface area contributed by atoms with Gasteiger partial charge in [0.25, 0.3) is 5.89 Å². The molecule has 0 aliphatic rings. The normalized spacial score (nSPS) is 11.2. The molecule has 0 fully saturated rings. The minimum Gasteiger partial charge on any atom is -0.422 e. The Morgan fingerprint density at radius 3 is 2.78 bits per heavy atom. The number of benzene rings is 2. The summed E-state index contributed by atoms with van der Waals surface area (Å²) < 4.78 is 21.4. The summed E-state index contributed by atoms with van der Waals surface area (Å²) >= 11 is 6.17. The van der Waals surface area contributed by atoms with Crippen molar-refractivity contribution in [2.45, 2.75) is 6.54 Å². The summed E-state index contributed by atoms with van der Waals surface area (Å²) in [5.41, 5.74) is 2.10. The van der Waals surface area contributed by atoms with Crippen molar-refractivity contribution in [3.8, 4) is 11.6 Å². The van der Waals surface area contributed by atoms with Gasteiger partial charge in [0.15, 0.2) is 0 Å². The van der Waals surface area contributed by atoms with Gasteiger partial charge in [-0.1, -0.05) is 35.9 Å². The molecule has 0 aliphatic carbocycles. The fourth-order valence-electron chi connectivity index (χ4n) is 2.68. The Labute approximate surface area is 136 Å². The van der Waals surface area contributed by atoms with E-state index in [0.29, 0.717) is 16.5 Å². The number of hydrogen-bond donors (Lipinski definition) is 0.